The summed E-state index contributed by atoms with van der Waals surface area (Å²) in [4.78, 5) is 48.3. The van der Waals surface area contributed by atoms with Crippen LogP contribution in [0, 0.1) is 12.7 Å². The van der Waals surface area contributed by atoms with Gasteiger partial charge in [-0.3, -0.25) is 9.59 Å². The van der Waals surface area contributed by atoms with Crippen molar-refractivity contribution < 1.29 is 33.0 Å². The summed E-state index contributed by atoms with van der Waals surface area (Å²) in [7, 11) is 0. The van der Waals surface area contributed by atoms with Crippen molar-refractivity contribution in [3.63, 3.8) is 0 Å². The van der Waals surface area contributed by atoms with E-state index in [1.807, 2.05) is 37.3 Å². The van der Waals surface area contributed by atoms with Gasteiger partial charge in [0, 0.05) is 24.7 Å². The molecular weight excluding hydrogens is 615 g/mol. The van der Waals surface area contributed by atoms with Crippen LogP contribution in [0.1, 0.15) is 66.3 Å². The third-order valence-electron chi connectivity index (χ3n) is 8.06. The average molecular weight is 649 g/mol. The van der Waals surface area contributed by atoms with Crippen molar-refractivity contribution in [2.45, 2.75) is 45.4 Å². The predicted molar refractivity (Wildman–Crippen MR) is 180 cm³/mol. The predicted octanol–water partition coefficient (Wildman–Crippen LogP) is 7.67. The normalized spacial score (nSPS) is 12.2. The summed E-state index contributed by atoms with van der Waals surface area (Å²) in [6.45, 7) is 4.85. The van der Waals surface area contributed by atoms with E-state index in [9.17, 15) is 33.8 Å². The van der Waals surface area contributed by atoms with Crippen LogP contribution in [-0.4, -0.2) is 21.8 Å². The summed E-state index contributed by atoms with van der Waals surface area (Å²) in [6.07, 6.45) is 0.156. The van der Waals surface area contributed by atoms with E-state index in [2.05, 4.69) is 0 Å². The molecule has 6 rings (SSSR count). The number of para-hydroxylation sites is 1. The van der Waals surface area contributed by atoms with E-state index in [1.165, 1.54) is 19.9 Å². The van der Waals surface area contributed by atoms with Gasteiger partial charge in [-0.15, -0.1) is 0 Å². The highest BCUT2D eigenvalue weighted by Crippen LogP contribution is 2.37. The van der Waals surface area contributed by atoms with Crippen molar-refractivity contribution in [3.8, 4) is 11.5 Å². The Morgan fingerprint density at radius 1 is 0.646 bits per heavy atom. The second kappa shape index (κ2) is 14.3. The molecule has 0 fully saturated rings. The van der Waals surface area contributed by atoms with Crippen molar-refractivity contribution in [1.82, 2.24) is 0 Å². The van der Waals surface area contributed by atoms with E-state index in [4.69, 9.17) is 8.83 Å². The van der Waals surface area contributed by atoms with E-state index < -0.39 is 28.9 Å². The Balaban J connectivity index is 0.000000188. The summed E-state index contributed by atoms with van der Waals surface area (Å²) < 4.78 is 24.1. The van der Waals surface area contributed by atoms with Crippen molar-refractivity contribution in [3.05, 3.63) is 152 Å². The van der Waals surface area contributed by atoms with Crippen molar-refractivity contribution in [2.75, 3.05) is 0 Å². The van der Waals surface area contributed by atoms with Crippen LogP contribution >= 0.6 is 0 Å². The fourth-order valence-electron chi connectivity index (χ4n) is 5.77. The number of hydrogen-bond acceptors (Lipinski definition) is 8. The first kappa shape index (κ1) is 33.5. The second-order valence-corrected chi connectivity index (χ2v) is 11.7. The number of carbonyl (C=O) groups is 2. The zero-order chi connectivity index (χ0) is 34.5. The van der Waals surface area contributed by atoms with Crippen LogP contribution in [-0.2, 0) is 9.59 Å². The molecule has 0 saturated carbocycles. The van der Waals surface area contributed by atoms with Gasteiger partial charge in [-0.1, -0.05) is 72.3 Å². The fourth-order valence-corrected chi connectivity index (χ4v) is 5.77. The number of benzene rings is 4. The molecule has 0 radical (unpaired) electrons. The van der Waals surface area contributed by atoms with Gasteiger partial charge in [0.1, 0.15) is 40.0 Å². The molecule has 2 heterocycles. The average Bonchev–Trinajstić information content (AvgIpc) is 3.05. The number of Topliss-reactive ketones (excluding diaryl/α,β-unsaturated/α-hetero) is 2. The number of aryl methyl sites for hydroxylation is 1. The van der Waals surface area contributed by atoms with Gasteiger partial charge in [0.2, 0.25) is 0 Å². The number of fused-ring (bicyclic) bond motifs is 2. The van der Waals surface area contributed by atoms with Gasteiger partial charge in [0.15, 0.2) is 0 Å². The molecule has 2 aromatic heterocycles. The number of halogens is 1. The van der Waals surface area contributed by atoms with E-state index in [-0.39, 0.29) is 58.0 Å². The van der Waals surface area contributed by atoms with E-state index in [1.54, 1.807) is 48.5 Å². The van der Waals surface area contributed by atoms with Crippen LogP contribution in [0.2, 0.25) is 0 Å². The first-order valence-electron chi connectivity index (χ1n) is 15.2. The van der Waals surface area contributed by atoms with Gasteiger partial charge in [-0.05, 0) is 62.2 Å². The molecule has 4 aromatic carbocycles. The fraction of sp³-hybridized carbons (Fsp3) is 0.179. The van der Waals surface area contributed by atoms with Gasteiger partial charge < -0.3 is 19.0 Å². The summed E-state index contributed by atoms with van der Waals surface area (Å²) in [5, 5.41) is 21.8. The Labute approximate surface area is 274 Å². The summed E-state index contributed by atoms with van der Waals surface area (Å²) in [5.74, 6) is -2.42. The van der Waals surface area contributed by atoms with Crippen molar-refractivity contribution in [1.29, 1.82) is 0 Å². The molecular formula is C39H33FO8. The van der Waals surface area contributed by atoms with E-state index in [0.29, 0.717) is 16.5 Å². The minimum absolute atomic E-state index is 0.0309. The number of ketones is 2. The first-order chi connectivity index (χ1) is 22.9. The van der Waals surface area contributed by atoms with Crippen molar-refractivity contribution >= 4 is 33.5 Å². The molecule has 0 bridgehead atoms. The van der Waals surface area contributed by atoms with Gasteiger partial charge in [-0.25, -0.2) is 14.0 Å². The summed E-state index contributed by atoms with van der Waals surface area (Å²) >= 11 is 0. The number of carbonyl (C=O) groups excluding carboxylic acids is 2. The molecule has 6 aromatic rings. The molecule has 8 nitrogen and oxygen atoms in total. The molecule has 0 aliphatic carbocycles. The third-order valence-corrected chi connectivity index (χ3v) is 8.06. The Hall–Kier alpha value is -5.83. The minimum Gasteiger partial charge on any atom is -0.507 e. The van der Waals surface area contributed by atoms with Crippen LogP contribution in [0.25, 0.3) is 21.9 Å². The maximum Gasteiger partial charge on any atom is 0.343 e. The maximum atomic E-state index is 13.5. The molecule has 2 atom stereocenters. The van der Waals surface area contributed by atoms with Gasteiger partial charge in [0.05, 0.1) is 21.9 Å². The monoisotopic (exact) mass is 648 g/mol. The quantitative estimate of drug-likeness (QED) is 0.161. The van der Waals surface area contributed by atoms with Crippen LogP contribution in [0.5, 0.6) is 11.5 Å². The highest BCUT2D eigenvalue weighted by Gasteiger charge is 2.27. The molecule has 0 aliphatic heterocycles. The number of rotatable bonds is 8. The molecule has 0 aliphatic rings. The molecule has 48 heavy (non-hydrogen) atoms. The lowest BCUT2D eigenvalue weighted by atomic mass is 9.86. The molecule has 2 unspecified atom stereocenters. The number of aromatic hydroxyl groups is 2. The van der Waals surface area contributed by atoms with Crippen LogP contribution in [0.3, 0.4) is 0 Å². The standard InChI is InChI=1S/C20H18O4.C19H15FO4/c1-12-7-9-14(10-8-12)16(11-13(2)21)18-19(22)15-5-3-4-6-17(15)24-20(18)23;1-11(21)9-14(12-5-3-2-4-6-12)17-18(22)15-10-13(20)7-8-16(15)24-19(17)23/h3-10,16,22H,11H2,1-2H3;2-8,10,14,22H,9H2,1H3. The van der Waals surface area contributed by atoms with Crippen LogP contribution < -0.4 is 11.3 Å². The zero-order valence-electron chi connectivity index (χ0n) is 26.5. The van der Waals surface area contributed by atoms with E-state index >= 15 is 0 Å². The molecule has 0 saturated heterocycles. The van der Waals surface area contributed by atoms with Crippen LogP contribution in [0.15, 0.2) is 115 Å². The van der Waals surface area contributed by atoms with Gasteiger partial charge in [-0.2, -0.15) is 0 Å². The topological polar surface area (TPSA) is 135 Å². The van der Waals surface area contributed by atoms with Crippen LogP contribution in [0.4, 0.5) is 4.39 Å². The first-order valence-corrected chi connectivity index (χ1v) is 15.2. The van der Waals surface area contributed by atoms with Gasteiger partial charge in [0.25, 0.3) is 0 Å². The minimum atomic E-state index is -0.735. The Bertz CT molecular complexity index is 2230. The summed E-state index contributed by atoms with van der Waals surface area (Å²) in [5.41, 5.74) is 1.75. The SMILES string of the molecule is CC(=O)CC(c1ccc(C)cc1)c1c(O)c2ccccc2oc1=O.CC(=O)CC(c1ccccc1)c1c(O)c2cc(F)ccc2oc1=O. The molecule has 244 valence electrons. The smallest absolute Gasteiger partial charge is 0.343 e. The van der Waals surface area contributed by atoms with Crippen molar-refractivity contribution in [2.24, 2.45) is 0 Å². The Morgan fingerprint density at radius 2 is 1.12 bits per heavy atom. The molecule has 2 N–H and O–H groups in total. The van der Waals surface area contributed by atoms with Gasteiger partial charge >= 0.3 is 11.3 Å². The lowest BCUT2D eigenvalue weighted by Gasteiger charge is -2.17. The maximum absolute atomic E-state index is 13.5. The zero-order valence-corrected chi connectivity index (χ0v) is 26.5. The highest BCUT2D eigenvalue weighted by molar-refractivity contribution is 5.86. The molecule has 9 heteroatoms. The van der Waals surface area contributed by atoms with E-state index in [0.717, 1.165) is 23.3 Å². The third kappa shape index (κ3) is 7.25. The summed E-state index contributed by atoms with van der Waals surface area (Å²) in [6, 6.07) is 26.8. The lowest BCUT2D eigenvalue weighted by Crippen LogP contribution is -2.16. The molecule has 0 spiro atoms. The Morgan fingerprint density at radius 3 is 1.69 bits per heavy atom. The second-order valence-electron chi connectivity index (χ2n) is 11.7. The molecule has 0 amide bonds. The highest BCUT2D eigenvalue weighted by atomic mass is 19.1. The number of hydrogen-bond donors (Lipinski definition) is 2. The lowest BCUT2D eigenvalue weighted by molar-refractivity contribution is -0.118. The largest absolute Gasteiger partial charge is 0.507 e. The Kier molecular flexibility index (Phi) is 9.99.